The molecule has 1 aliphatic heterocycles. The summed E-state index contributed by atoms with van der Waals surface area (Å²) in [6, 6.07) is 7.02. The van der Waals surface area contributed by atoms with Gasteiger partial charge in [0.1, 0.15) is 6.17 Å². The Bertz CT molecular complexity index is 660. The summed E-state index contributed by atoms with van der Waals surface area (Å²) < 4.78 is 1.39. The maximum absolute atomic E-state index is 12.1. The molecule has 1 N–H and O–H groups in total. The van der Waals surface area contributed by atoms with E-state index in [-0.39, 0.29) is 23.5 Å². The monoisotopic (exact) mass is 215 g/mol. The summed E-state index contributed by atoms with van der Waals surface area (Å²) >= 11 is 0. The quantitative estimate of drug-likeness (QED) is 0.702. The number of nitrogens with one attached hydrogen (secondary N) is 1. The van der Waals surface area contributed by atoms with Crippen LogP contribution in [0, 0.1) is 0 Å². The zero-order chi connectivity index (χ0) is 11.3. The van der Waals surface area contributed by atoms with Gasteiger partial charge in [-0.25, -0.2) is 4.98 Å². The average molecular weight is 215 g/mol. The molecule has 1 aromatic heterocycles. The first-order valence-corrected chi connectivity index (χ1v) is 5.00. The lowest BCUT2D eigenvalue weighted by atomic mass is 10.2. The van der Waals surface area contributed by atoms with Crippen LogP contribution in [0.4, 0.5) is 0 Å². The zero-order valence-corrected chi connectivity index (χ0v) is 8.60. The van der Waals surface area contributed by atoms with E-state index in [4.69, 9.17) is 0 Å². The van der Waals surface area contributed by atoms with Crippen molar-refractivity contribution in [3.05, 3.63) is 40.4 Å². The van der Waals surface area contributed by atoms with Crippen molar-refractivity contribution in [2.24, 2.45) is 0 Å². The van der Waals surface area contributed by atoms with Crippen molar-refractivity contribution in [2.75, 3.05) is 0 Å². The van der Waals surface area contributed by atoms with Crippen LogP contribution in [0.5, 0.6) is 0 Å². The molecular weight excluding hydrogens is 206 g/mol. The number of carbonyl (C=O) groups excluding carboxylic acids is 1. The molecule has 0 aliphatic carbocycles. The standard InChI is InChI=1S/C11H9N3O2/c1-6-12-10(15)9-13-8-5-3-2-4-7(8)11(16)14(6)9/h2-6H,1H3,(H,12,15). The first-order valence-electron chi connectivity index (χ1n) is 5.00. The van der Waals surface area contributed by atoms with Gasteiger partial charge in [-0.2, -0.15) is 0 Å². The molecule has 2 aromatic rings. The number of benzene rings is 1. The van der Waals surface area contributed by atoms with E-state index < -0.39 is 0 Å². The van der Waals surface area contributed by atoms with E-state index in [1.165, 1.54) is 4.57 Å². The Labute approximate surface area is 90.7 Å². The van der Waals surface area contributed by atoms with Crippen LogP contribution in [0.3, 0.4) is 0 Å². The van der Waals surface area contributed by atoms with Crippen molar-refractivity contribution in [3.8, 4) is 0 Å². The van der Waals surface area contributed by atoms with Gasteiger partial charge < -0.3 is 5.32 Å². The zero-order valence-electron chi connectivity index (χ0n) is 8.60. The first kappa shape index (κ1) is 9.08. The van der Waals surface area contributed by atoms with E-state index in [0.717, 1.165) is 0 Å². The molecule has 1 aliphatic rings. The molecule has 16 heavy (non-hydrogen) atoms. The number of aromatic nitrogens is 2. The minimum atomic E-state index is -0.327. The summed E-state index contributed by atoms with van der Waals surface area (Å²) in [6.45, 7) is 1.76. The molecule has 0 radical (unpaired) electrons. The lowest BCUT2D eigenvalue weighted by Crippen LogP contribution is -2.25. The van der Waals surface area contributed by atoms with Gasteiger partial charge in [0, 0.05) is 0 Å². The number of fused-ring (bicyclic) bond motifs is 2. The summed E-state index contributed by atoms with van der Waals surface area (Å²) in [7, 11) is 0. The van der Waals surface area contributed by atoms with Crippen molar-refractivity contribution in [3.63, 3.8) is 0 Å². The van der Waals surface area contributed by atoms with E-state index >= 15 is 0 Å². The highest BCUT2D eigenvalue weighted by Gasteiger charge is 2.28. The predicted octanol–water partition coefficient (Wildman–Crippen LogP) is 0.658. The van der Waals surface area contributed by atoms with Crippen LogP contribution in [-0.4, -0.2) is 15.5 Å². The van der Waals surface area contributed by atoms with Gasteiger partial charge in [-0.3, -0.25) is 14.2 Å². The minimum Gasteiger partial charge on any atom is -0.329 e. The molecule has 5 nitrogen and oxygen atoms in total. The second-order valence-electron chi connectivity index (χ2n) is 3.78. The largest absolute Gasteiger partial charge is 0.329 e. The highest BCUT2D eigenvalue weighted by Crippen LogP contribution is 2.15. The molecule has 1 aromatic carbocycles. The fourth-order valence-corrected chi connectivity index (χ4v) is 1.98. The van der Waals surface area contributed by atoms with E-state index in [1.54, 1.807) is 31.2 Å². The molecule has 0 fully saturated rings. The summed E-state index contributed by atoms with van der Waals surface area (Å²) in [5.74, 6) is -0.105. The van der Waals surface area contributed by atoms with Crippen LogP contribution < -0.4 is 10.9 Å². The van der Waals surface area contributed by atoms with Crippen LogP contribution in [-0.2, 0) is 0 Å². The highest BCUT2D eigenvalue weighted by molar-refractivity contribution is 5.94. The topological polar surface area (TPSA) is 64.0 Å². The molecule has 0 spiro atoms. The Kier molecular flexibility index (Phi) is 1.65. The van der Waals surface area contributed by atoms with Gasteiger partial charge in [0.25, 0.3) is 11.5 Å². The third-order valence-corrected chi connectivity index (χ3v) is 2.74. The van der Waals surface area contributed by atoms with Crippen LogP contribution in [0.1, 0.15) is 23.7 Å². The molecule has 0 bridgehead atoms. The smallest absolute Gasteiger partial charge is 0.289 e. The third kappa shape index (κ3) is 1.02. The summed E-state index contributed by atoms with van der Waals surface area (Å²) in [4.78, 5) is 27.8. The van der Waals surface area contributed by atoms with Gasteiger partial charge in [0.05, 0.1) is 10.9 Å². The Morgan fingerprint density at radius 3 is 2.88 bits per heavy atom. The van der Waals surface area contributed by atoms with E-state index in [9.17, 15) is 9.59 Å². The average Bonchev–Trinajstić information content (AvgIpc) is 2.55. The van der Waals surface area contributed by atoms with Crippen molar-refractivity contribution in [1.82, 2.24) is 14.9 Å². The molecule has 0 saturated carbocycles. The highest BCUT2D eigenvalue weighted by atomic mass is 16.2. The van der Waals surface area contributed by atoms with Crippen molar-refractivity contribution >= 4 is 16.8 Å². The number of amides is 1. The van der Waals surface area contributed by atoms with Crippen molar-refractivity contribution in [1.29, 1.82) is 0 Å². The van der Waals surface area contributed by atoms with Gasteiger partial charge in [-0.05, 0) is 19.1 Å². The number of hydrogen-bond acceptors (Lipinski definition) is 3. The Morgan fingerprint density at radius 1 is 1.31 bits per heavy atom. The fraction of sp³-hybridized carbons (Fsp3) is 0.182. The molecule has 80 valence electrons. The summed E-state index contributed by atoms with van der Waals surface area (Å²) in [5.41, 5.74) is 0.384. The number of nitrogens with zero attached hydrogens (tertiary/aromatic N) is 2. The fourth-order valence-electron chi connectivity index (χ4n) is 1.98. The molecule has 3 rings (SSSR count). The van der Waals surface area contributed by atoms with E-state index in [2.05, 4.69) is 10.3 Å². The SMILES string of the molecule is CC1NC(=O)c2nc3ccccc3c(=O)n21. The summed E-state index contributed by atoms with van der Waals surface area (Å²) in [5, 5.41) is 3.20. The summed E-state index contributed by atoms with van der Waals surface area (Å²) in [6.07, 6.45) is -0.327. The lowest BCUT2D eigenvalue weighted by molar-refractivity contribution is 0.0954. The van der Waals surface area contributed by atoms with E-state index in [0.29, 0.717) is 10.9 Å². The van der Waals surface area contributed by atoms with Crippen molar-refractivity contribution < 1.29 is 4.79 Å². The van der Waals surface area contributed by atoms with E-state index in [1.807, 2.05) is 0 Å². The normalized spacial score (nSPS) is 18.6. The Hall–Kier alpha value is -2.17. The number of hydrogen-bond donors (Lipinski definition) is 1. The molecule has 2 heterocycles. The van der Waals surface area contributed by atoms with Gasteiger partial charge in [0.2, 0.25) is 5.82 Å². The van der Waals surface area contributed by atoms with Crippen LogP contribution >= 0.6 is 0 Å². The van der Waals surface area contributed by atoms with Crippen LogP contribution in [0.15, 0.2) is 29.1 Å². The Morgan fingerprint density at radius 2 is 2.06 bits per heavy atom. The number of rotatable bonds is 0. The first-order chi connectivity index (χ1) is 7.68. The van der Waals surface area contributed by atoms with Gasteiger partial charge in [-0.15, -0.1) is 0 Å². The van der Waals surface area contributed by atoms with Gasteiger partial charge in [0.15, 0.2) is 0 Å². The second-order valence-corrected chi connectivity index (χ2v) is 3.78. The maximum Gasteiger partial charge on any atom is 0.289 e. The van der Waals surface area contributed by atoms with Crippen molar-refractivity contribution in [2.45, 2.75) is 13.1 Å². The third-order valence-electron chi connectivity index (χ3n) is 2.74. The molecule has 1 atom stereocenters. The Balaban J connectivity index is 2.50. The lowest BCUT2D eigenvalue weighted by Gasteiger charge is -2.07. The maximum atomic E-state index is 12.1. The minimum absolute atomic E-state index is 0.175. The molecular formula is C11H9N3O2. The molecule has 1 unspecified atom stereocenters. The predicted molar refractivity (Wildman–Crippen MR) is 58.2 cm³/mol. The molecule has 0 saturated heterocycles. The second kappa shape index (κ2) is 2.91. The molecule has 5 heteroatoms. The number of carbonyl (C=O) groups is 1. The number of para-hydroxylation sites is 1. The van der Waals surface area contributed by atoms with Crippen LogP contribution in [0.25, 0.3) is 10.9 Å². The van der Waals surface area contributed by atoms with Gasteiger partial charge >= 0.3 is 0 Å². The van der Waals surface area contributed by atoms with Gasteiger partial charge in [-0.1, -0.05) is 12.1 Å². The molecule has 1 amide bonds. The van der Waals surface area contributed by atoms with Crippen LogP contribution in [0.2, 0.25) is 0 Å².